The molecule has 4 heteroatoms. The molecule has 3 nitrogen and oxygen atoms in total. The van der Waals surface area contributed by atoms with Gasteiger partial charge in [-0.3, -0.25) is 0 Å². The van der Waals surface area contributed by atoms with Gasteiger partial charge >= 0.3 is 0 Å². The molecular weight excluding hydrogens is 150 g/mol. The molecule has 10 heavy (non-hydrogen) atoms. The van der Waals surface area contributed by atoms with Crippen LogP contribution in [-0.4, -0.2) is 19.4 Å². The normalized spacial score (nSPS) is 31.2. The molecule has 1 aliphatic rings. The Morgan fingerprint density at radius 2 is 2.30 bits per heavy atom. The van der Waals surface area contributed by atoms with E-state index in [2.05, 4.69) is 0 Å². The Balaban J connectivity index is 2.66. The van der Waals surface area contributed by atoms with Crippen LogP contribution in [0.25, 0.3) is 0 Å². The van der Waals surface area contributed by atoms with E-state index < -0.39 is 9.84 Å². The van der Waals surface area contributed by atoms with Crippen LogP contribution in [-0.2, 0) is 9.84 Å². The summed E-state index contributed by atoms with van der Waals surface area (Å²) in [6.45, 7) is 1.61. The Kier molecular flexibility index (Phi) is 1.69. The summed E-state index contributed by atoms with van der Waals surface area (Å²) in [5.74, 6) is -0.0551. The van der Waals surface area contributed by atoms with E-state index in [1.807, 2.05) is 6.07 Å². The first-order valence-corrected chi connectivity index (χ1v) is 4.94. The molecule has 0 aromatic rings. The standard InChI is InChI=1S/C6H9NO2S/c1-2-10(8,9)6-3-5(6)4-7/h5-6H,2-3H2,1H3. The van der Waals surface area contributed by atoms with Crippen molar-refractivity contribution in [1.29, 1.82) is 5.26 Å². The Hall–Kier alpha value is -0.560. The van der Waals surface area contributed by atoms with Crippen molar-refractivity contribution >= 4 is 9.84 Å². The summed E-state index contributed by atoms with van der Waals surface area (Å²) in [6, 6.07) is 1.95. The minimum atomic E-state index is -2.91. The van der Waals surface area contributed by atoms with Gasteiger partial charge in [0.1, 0.15) is 0 Å². The highest BCUT2D eigenvalue weighted by atomic mass is 32.2. The maximum absolute atomic E-state index is 11.0. The summed E-state index contributed by atoms with van der Waals surface area (Å²) in [5.41, 5.74) is 0. The van der Waals surface area contributed by atoms with E-state index in [1.165, 1.54) is 0 Å². The molecule has 0 saturated heterocycles. The third-order valence-electron chi connectivity index (χ3n) is 1.76. The molecule has 0 N–H and O–H groups in total. The van der Waals surface area contributed by atoms with Crippen LogP contribution in [0.2, 0.25) is 0 Å². The second kappa shape index (κ2) is 2.24. The molecule has 1 aliphatic carbocycles. The van der Waals surface area contributed by atoms with Gasteiger partial charge in [-0.1, -0.05) is 6.92 Å². The van der Waals surface area contributed by atoms with Crippen LogP contribution in [0.3, 0.4) is 0 Å². The molecule has 1 saturated carbocycles. The lowest BCUT2D eigenvalue weighted by atomic mass is 10.5. The Labute approximate surface area is 60.6 Å². The lowest BCUT2D eigenvalue weighted by Crippen LogP contribution is -2.10. The third kappa shape index (κ3) is 1.14. The van der Waals surface area contributed by atoms with E-state index in [4.69, 9.17) is 5.26 Å². The van der Waals surface area contributed by atoms with Crippen molar-refractivity contribution in [3.63, 3.8) is 0 Å². The zero-order valence-corrected chi connectivity index (χ0v) is 6.56. The fourth-order valence-electron chi connectivity index (χ4n) is 0.919. The van der Waals surface area contributed by atoms with Crippen LogP contribution in [0.1, 0.15) is 13.3 Å². The fraction of sp³-hybridized carbons (Fsp3) is 0.833. The van der Waals surface area contributed by atoms with E-state index in [0.29, 0.717) is 6.42 Å². The van der Waals surface area contributed by atoms with Crippen molar-refractivity contribution < 1.29 is 8.42 Å². The quantitative estimate of drug-likeness (QED) is 0.583. The summed E-state index contributed by atoms with van der Waals surface area (Å²) in [4.78, 5) is 0. The predicted molar refractivity (Wildman–Crippen MR) is 37.0 cm³/mol. The second-order valence-corrected chi connectivity index (χ2v) is 4.97. The number of hydrogen-bond acceptors (Lipinski definition) is 3. The number of nitrogens with zero attached hydrogens (tertiary/aromatic N) is 1. The van der Waals surface area contributed by atoms with Gasteiger partial charge in [-0.25, -0.2) is 8.42 Å². The van der Waals surface area contributed by atoms with Gasteiger partial charge in [0.2, 0.25) is 0 Å². The van der Waals surface area contributed by atoms with E-state index in [-0.39, 0.29) is 16.9 Å². The van der Waals surface area contributed by atoms with E-state index >= 15 is 0 Å². The molecule has 2 atom stereocenters. The number of rotatable bonds is 2. The van der Waals surface area contributed by atoms with Gasteiger partial charge in [-0.05, 0) is 6.42 Å². The van der Waals surface area contributed by atoms with E-state index in [0.717, 1.165) is 0 Å². The highest BCUT2D eigenvalue weighted by molar-refractivity contribution is 7.92. The lowest BCUT2D eigenvalue weighted by molar-refractivity contribution is 0.595. The summed E-state index contributed by atoms with van der Waals surface area (Å²) >= 11 is 0. The van der Waals surface area contributed by atoms with Crippen LogP contribution >= 0.6 is 0 Å². The maximum atomic E-state index is 11.0. The van der Waals surface area contributed by atoms with Crippen LogP contribution in [0.5, 0.6) is 0 Å². The largest absolute Gasteiger partial charge is 0.229 e. The van der Waals surface area contributed by atoms with Gasteiger partial charge in [0.05, 0.1) is 17.2 Å². The van der Waals surface area contributed by atoms with E-state index in [9.17, 15) is 8.42 Å². The van der Waals surface area contributed by atoms with Gasteiger partial charge in [-0.2, -0.15) is 5.26 Å². The van der Waals surface area contributed by atoms with Crippen molar-refractivity contribution in [1.82, 2.24) is 0 Å². The average molecular weight is 159 g/mol. The highest BCUT2D eigenvalue weighted by Gasteiger charge is 2.46. The Morgan fingerprint density at radius 1 is 1.70 bits per heavy atom. The monoisotopic (exact) mass is 159 g/mol. The third-order valence-corrected chi connectivity index (χ3v) is 4.01. The topological polar surface area (TPSA) is 57.9 Å². The minimum Gasteiger partial charge on any atom is -0.229 e. The van der Waals surface area contributed by atoms with Gasteiger partial charge in [0.15, 0.2) is 9.84 Å². The molecule has 0 bridgehead atoms. The predicted octanol–water partition coefficient (Wildman–Crippen LogP) is 0.333. The molecule has 0 aromatic heterocycles. The molecule has 0 aliphatic heterocycles. The molecule has 0 spiro atoms. The molecule has 0 heterocycles. The Bertz CT molecular complexity index is 262. The van der Waals surface area contributed by atoms with Crippen molar-refractivity contribution in [2.75, 3.05) is 5.75 Å². The molecule has 0 aromatic carbocycles. The second-order valence-electron chi connectivity index (χ2n) is 2.46. The van der Waals surface area contributed by atoms with Crippen molar-refractivity contribution in [3.8, 4) is 6.07 Å². The average Bonchev–Trinajstić information content (AvgIpc) is 2.66. The molecule has 1 fully saturated rings. The van der Waals surface area contributed by atoms with Gasteiger partial charge in [0, 0.05) is 5.75 Å². The number of hydrogen-bond donors (Lipinski definition) is 0. The van der Waals surface area contributed by atoms with Gasteiger partial charge in [-0.15, -0.1) is 0 Å². The molecule has 2 unspecified atom stereocenters. The fourth-order valence-corrected chi connectivity index (χ4v) is 2.41. The molecule has 0 amide bonds. The molecule has 1 rings (SSSR count). The van der Waals surface area contributed by atoms with Crippen molar-refractivity contribution in [2.45, 2.75) is 18.6 Å². The summed E-state index contributed by atoms with van der Waals surface area (Å²) in [7, 11) is -2.91. The number of sulfone groups is 1. The zero-order chi connectivity index (χ0) is 7.78. The lowest BCUT2D eigenvalue weighted by Gasteiger charge is -1.93. The number of nitriles is 1. The summed E-state index contributed by atoms with van der Waals surface area (Å²) in [5, 5.41) is 7.98. The molecule has 0 radical (unpaired) electrons. The van der Waals surface area contributed by atoms with Crippen LogP contribution in [0, 0.1) is 17.2 Å². The Morgan fingerprint density at radius 3 is 2.60 bits per heavy atom. The van der Waals surface area contributed by atoms with Gasteiger partial charge < -0.3 is 0 Å². The van der Waals surface area contributed by atoms with Crippen molar-refractivity contribution in [3.05, 3.63) is 0 Å². The maximum Gasteiger partial charge on any atom is 0.154 e. The molecule has 56 valence electrons. The van der Waals surface area contributed by atoms with Crippen molar-refractivity contribution in [2.24, 2.45) is 5.92 Å². The first kappa shape index (κ1) is 7.55. The van der Waals surface area contributed by atoms with Crippen LogP contribution in [0.4, 0.5) is 0 Å². The molecular formula is C6H9NO2S. The minimum absolute atomic E-state index is 0.163. The van der Waals surface area contributed by atoms with Crippen LogP contribution in [0.15, 0.2) is 0 Å². The summed E-state index contributed by atoms with van der Waals surface area (Å²) < 4.78 is 22.0. The van der Waals surface area contributed by atoms with Crippen LogP contribution < -0.4 is 0 Å². The smallest absolute Gasteiger partial charge is 0.154 e. The van der Waals surface area contributed by atoms with Gasteiger partial charge in [0.25, 0.3) is 0 Å². The summed E-state index contributed by atoms with van der Waals surface area (Å²) in [6.07, 6.45) is 0.548. The SMILES string of the molecule is CCS(=O)(=O)C1CC1C#N. The first-order valence-electron chi connectivity index (χ1n) is 3.23. The van der Waals surface area contributed by atoms with E-state index in [1.54, 1.807) is 6.92 Å². The highest BCUT2D eigenvalue weighted by Crippen LogP contribution is 2.36. The first-order chi connectivity index (χ1) is 4.61. The zero-order valence-electron chi connectivity index (χ0n) is 5.74.